The first-order valence-electron chi connectivity index (χ1n) is 8.28. The summed E-state index contributed by atoms with van der Waals surface area (Å²) in [5.74, 6) is 0. The van der Waals surface area contributed by atoms with Crippen LogP contribution in [-0.2, 0) is 0 Å². The van der Waals surface area contributed by atoms with Gasteiger partial charge >= 0.3 is 0 Å². The Kier molecular flexibility index (Phi) is 5.67. The number of aliphatic hydroxyl groups is 1. The minimum absolute atomic E-state index is 0.00829. The van der Waals surface area contributed by atoms with Crippen molar-refractivity contribution in [3.05, 3.63) is 0 Å². The quantitative estimate of drug-likeness (QED) is 0.822. The molecule has 0 aromatic heterocycles. The molecule has 0 aromatic rings. The zero-order chi connectivity index (χ0) is 13.7. The fraction of sp³-hybridized carbons (Fsp3) is 1.00. The van der Waals surface area contributed by atoms with Crippen molar-refractivity contribution in [3.63, 3.8) is 0 Å². The van der Waals surface area contributed by atoms with Crippen molar-refractivity contribution in [2.45, 2.75) is 82.8 Å². The molecule has 2 fully saturated rings. The Labute approximate surface area is 118 Å². The summed E-state index contributed by atoms with van der Waals surface area (Å²) in [5, 5.41) is 13.8. The SMILES string of the molecule is CC(C)N1CCCC(CO)(NC2CCCCC2)CC1. The lowest BCUT2D eigenvalue weighted by Gasteiger charge is -2.38. The number of aliphatic hydroxyl groups excluding tert-OH is 1. The van der Waals surface area contributed by atoms with Crippen LogP contribution in [0, 0.1) is 0 Å². The maximum atomic E-state index is 9.94. The molecule has 1 aliphatic heterocycles. The number of rotatable bonds is 4. The van der Waals surface area contributed by atoms with Gasteiger partial charge in [-0.1, -0.05) is 19.3 Å². The van der Waals surface area contributed by atoms with Gasteiger partial charge in [-0.05, 0) is 52.5 Å². The predicted octanol–water partition coefficient (Wildman–Crippen LogP) is 2.53. The normalized spacial score (nSPS) is 31.6. The lowest BCUT2D eigenvalue weighted by Crippen LogP contribution is -2.54. The summed E-state index contributed by atoms with van der Waals surface area (Å²) in [6.45, 7) is 7.17. The van der Waals surface area contributed by atoms with Crippen molar-refractivity contribution in [3.8, 4) is 0 Å². The molecule has 0 spiro atoms. The summed E-state index contributed by atoms with van der Waals surface area (Å²) in [7, 11) is 0. The molecule has 19 heavy (non-hydrogen) atoms. The van der Waals surface area contributed by atoms with Gasteiger partial charge in [-0.2, -0.15) is 0 Å². The fourth-order valence-electron chi connectivity index (χ4n) is 3.76. The molecule has 2 N–H and O–H groups in total. The predicted molar refractivity (Wildman–Crippen MR) is 80.4 cm³/mol. The number of hydrogen-bond donors (Lipinski definition) is 2. The minimum Gasteiger partial charge on any atom is -0.394 e. The molecule has 3 nitrogen and oxygen atoms in total. The first-order valence-corrected chi connectivity index (χ1v) is 8.28. The number of nitrogens with zero attached hydrogens (tertiary/aromatic N) is 1. The van der Waals surface area contributed by atoms with Crippen molar-refractivity contribution in [2.24, 2.45) is 0 Å². The first kappa shape index (κ1) is 15.3. The van der Waals surface area contributed by atoms with E-state index in [9.17, 15) is 5.11 Å². The molecule has 1 atom stereocenters. The molecule has 1 unspecified atom stereocenters. The number of nitrogens with one attached hydrogen (secondary N) is 1. The highest BCUT2D eigenvalue weighted by Gasteiger charge is 2.34. The molecule has 1 saturated carbocycles. The van der Waals surface area contributed by atoms with Crippen LogP contribution in [-0.4, -0.2) is 47.3 Å². The van der Waals surface area contributed by atoms with E-state index in [0.29, 0.717) is 18.7 Å². The van der Waals surface area contributed by atoms with Crippen LogP contribution in [0.5, 0.6) is 0 Å². The Morgan fingerprint density at radius 2 is 1.84 bits per heavy atom. The van der Waals surface area contributed by atoms with Gasteiger partial charge in [0.1, 0.15) is 0 Å². The summed E-state index contributed by atoms with van der Waals surface area (Å²) in [6, 6.07) is 1.27. The first-order chi connectivity index (χ1) is 9.15. The van der Waals surface area contributed by atoms with E-state index < -0.39 is 0 Å². The Hall–Kier alpha value is -0.120. The fourth-order valence-corrected chi connectivity index (χ4v) is 3.76. The number of hydrogen-bond acceptors (Lipinski definition) is 3. The van der Waals surface area contributed by atoms with Crippen LogP contribution in [0.25, 0.3) is 0 Å². The largest absolute Gasteiger partial charge is 0.394 e. The molecule has 2 rings (SSSR count). The molecular weight excluding hydrogens is 236 g/mol. The Morgan fingerprint density at radius 1 is 1.11 bits per heavy atom. The average molecular weight is 268 g/mol. The maximum Gasteiger partial charge on any atom is 0.0613 e. The minimum atomic E-state index is -0.00829. The number of likely N-dealkylation sites (tertiary alicyclic amines) is 1. The molecular formula is C16H32N2O. The summed E-state index contributed by atoms with van der Waals surface area (Å²) in [5.41, 5.74) is -0.00829. The van der Waals surface area contributed by atoms with Crippen molar-refractivity contribution >= 4 is 0 Å². The Balaban J connectivity index is 1.93. The zero-order valence-electron chi connectivity index (χ0n) is 12.8. The van der Waals surface area contributed by atoms with Crippen molar-refractivity contribution in [2.75, 3.05) is 19.7 Å². The molecule has 3 heteroatoms. The van der Waals surface area contributed by atoms with E-state index in [2.05, 4.69) is 24.1 Å². The van der Waals surface area contributed by atoms with E-state index >= 15 is 0 Å². The van der Waals surface area contributed by atoms with Gasteiger partial charge in [0, 0.05) is 24.2 Å². The molecule has 0 bridgehead atoms. The lowest BCUT2D eigenvalue weighted by atomic mass is 9.87. The van der Waals surface area contributed by atoms with Gasteiger partial charge in [0.25, 0.3) is 0 Å². The summed E-state index contributed by atoms with van der Waals surface area (Å²) in [6.07, 6.45) is 10.1. The van der Waals surface area contributed by atoms with Gasteiger partial charge in [-0.3, -0.25) is 0 Å². The van der Waals surface area contributed by atoms with E-state index in [-0.39, 0.29) is 5.54 Å². The molecule has 0 radical (unpaired) electrons. The van der Waals surface area contributed by atoms with Crippen LogP contribution in [0.15, 0.2) is 0 Å². The van der Waals surface area contributed by atoms with Crippen LogP contribution in [0.3, 0.4) is 0 Å². The van der Waals surface area contributed by atoms with E-state index in [4.69, 9.17) is 0 Å². The summed E-state index contributed by atoms with van der Waals surface area (Å²) in [4.78, 5) is 2.56. The molecule has 1 heterocycles. The second-order valence-corrected chi connectivity index (χ2v) is 6.90. The highest BCUT2D eigenvalue weighted by Crippen LogP contribution is 2.27. The second kappa shape index (κ2) is 7.05. The van der Waals surface area contributed by atoms with Gasteiger partial charge in [-0.15, -0.1) is 0 Å². The van der Waals surface area contributed by atoms with E-state index in [1.807, 2.05) is 0 Å². The third-order valence-electron chi connectivity index (χ3n) is 5.13. The maximum absolute atomic E-state index is 9.94. The summed E-state index contributed by atoms with van der Waals surface area (Å²) >= 11 is 0. The van der Waals surface area contributed by atoms with Crippen molar-refractivity contribution < 1.29 is 5.11 Å². The van der Waals surface area contributed by atoms with Crippen molar-refractivity contribution in [1.82, 2.24) is 10.2 Å². The van der Waals surface area contributed by atoms with Crippen LogP contribution in [0.4, 0.5) is 0 Å². The van der Waals surface area contributed by atoms with Gasteiger partial charge in [0.2, 0.25) is 0 Å². The van der Waals surface area contributed by atoms with Crippen LogP contribution >= 0.6 is 0 Å². The second-order valence-electron chi connectivity index (χ2n) is 6.90. The van der Waals surface area contributed by atoms with Gasteiger partial charge in [0.15, 0.2) is 0 Å². The van der Waals surface area contributed by atoms with Crippen molar-refractivity contribution in [1.29, 1.82) is 0 Å². The van der Waals surface area contributed by atoms with Gasteiger partial charge < -0.3 is 15.3 Å². The average Bonchev–Trinajstić information content (AvgIpc) is 2.63. The van der Waals surface area contributed by atoms with E-state index in [0.717, 1.165) is 19.4 Å². The van der Waals surface area contributed by atoms with E-state index in [1.54, 1.807) is 0 Å². The van der Waals surface area contributed by atoms with Gasteiger partial charge in [0.05, 0.1) is 6.61 Å². The molecule has 1 saturated heterocycles. The standard InChI is InChI=1S/C16H32N2O/c1-14(2)18-11-6-9-16(13-19,10-12-18)17-15-7-4-3-5-8-15/h14-15,17,19H,3-13H2,1-2H3. The van der Waals surface area contributed by atoms with E-state index in [1.165, 1.54) is 45.1 Å². The topological polar surface area (TPSA) is 35.5 Å². The molecule has 2 aliphatic rings. The monoisotopic (exact) mass is 268 g/mol. The lowest BCUT2D eigenvalue weighted by molar-refractivity contribution is 0.119. The Bertz CT molecular complexity index is 263. The third kappa shape index (κ3) is 4.17. The molecule has 1 aliphatic carbocycles. The molecule has 0 aromatic carbocycles. The van der Waals surface area contributed by atoms with Crippen LogP contribution in [0.1, 0.15) is 65.2 Å². The summed E-state index contributed by atoms with van der Waals surface area (Å²) < 4.78 is 0. The highest BCUT2D eigenvalue weighted by molar-refractivity contribution is 4.94. The zero-order valence-corrected chi connectivity index (χ0v) is 12.8. The third-order valence-corrected chi connectivity index (χ3v) is 5.13. The van der Waals surface area contributed by atoms with Crippen LogP contribution in [0.2, 0.25) is 0 Å². The van der Waals surface area contributed by atoms with Crippen LogP contribution < -0.4 is 5.32 Å². The Morgan fingerprint density at radius 3 is 2.47 bits per heavy atom. The smallest absolute Gasteiger partial charge is 0.0613 e. The molecule has 0 amide bonds. The highest BCUT2D eigenvalue weighted by atomic mass is 16.3. The molecule has 112 valence electrons. The van der Waals surface area contributed by atoms with Gasteiger partial charge in [-0.25, -0.2) is 0 Å².